The highest BCUT2D eigenvalue weighted by molar-refractivity contribution is 7.80. The lowest BCUT2D eigenvalue weighted by atomic mass is 10.1. The summed E-state index contributed by atoms with van der Waals surface area (Å²) in [5, 5.41) is 2.69. The maximum atomic E-state index is 13.3. The largest absolute Gasteiger partial charge is 0.496 e. The van der Waals surface area contributed by atoms with Gasteiger partial charge in [-0.3, -0.25) is 4.79 Å². The number of halogens is 1. The summed E-state index contributed by atoms with van der Waals surface area (Å²) in [7, 11) is 3.05. The fourth-order valence-electron chi connectivity index (χ4n) is 2.13. The van der Waals surface area contributed by atoms with E-state index in [9.17, 15) is 9.18 Å². The van der Waals surface area contributed by atoms with Crippen LogP contribution in [-0.4, -0.2) is 43.7 Å². The fourth-order valence-corrected chi connectivity index (χ4v) is 2.49. The average molecular weight is 312 g/mol. The van der Waals surface area contributed by atoms with E-state index in [-0.39, 0.29) is 5.91 Å². The van der Waals surface area contributed by atoms with Gasteiger partial charge in [-0.2, -0.15) is 0 Å². The predicted octanol–water partition coefficient (Wildman–Crippen LogP) is 1.47. The molecule has 0 bridgehead atoms. The summed E-state index contributed by atoms with van der Waals surface area (Å²) in [5.41, 5.74) is 0.763. The highest BCUT2D eigenvalue weighted by Gasteiger charge is 2.27. The second-order valence-corrected chi connectivity index (χ2v) is 4.93. The van der Waals surface area contributed by atoms with Crippen LogP contribution in [0.2, 0.25) is 0 Å². The molecule has 1 amide bonds. The van der Waals surface area contributed by atoms with Crippen LogP contribution in [0, 0.1) is 5.82 Å². The molecular formula is C14H17FN2O3S. The van der Waals surface area contributed by atoms with Crippen LogP contribution in [0.25, 0.3) is 5.70 Å². The molecule has 1 aliphatic rings. The number of carbonyl (C=O) groups excluding carboxylic acids is 1. The Morgan fingerprint density at radius 1 is 1.43 bits per heavy atom. The number of hydrogen-bond donors (Lipinski definition) is 2. The maximum absolute atomic E-state index is 13.3. The van der Waals surface area contributed by atoms with Crippen molar-refractivity contribution in [2.75, 3.05) is 27.4 Å². The van der Waals surface area contributed by atoms with E-state index in [2.05, 4.69) is 17.9 Å². The molecule has 5 nitrogen and oxygen atoms in total. The first-order valence-electron chi connectivity index (χ1n) is 6.36. The van der Waals surface area contributed by atoms with Crippen molar-refractivity contribution < 1.29 is 18.7 Å². The Balaban J connectivity index is 2.43. The number of methoxy groups -OCH3 is 2. The molecule has 0 spiro atoms. The third kappa shape index (κ3) is 3.48. The molecule has 0 saturated heterocycles. The molecule has 0 fully saturated rings. The van der Waals surface area contributed by atoms with Gasteiger partial charge in [0.2, 0.25) is 5.91 Å². The van der Waals surface area contributed by atoms with E-state index in [1.54, 1.807) is 13.2 Å². The van der Waals surface area contributed by atoms with Gasteiger partial charge in [0.25, 0.3) is 0 Å². The normalized spacial score (nSPS) is 18.3. The molecule has 1 N–H and O–H groups in total. The van der Waals surface area contributed by atoms with E-state index in [1.807, 2.05) is 4.90 Å². The monoisotopic (exact) mass is 312 g/mol. The summed E-state index contributed by atoms with van der Waals surface area (Å²) in [5.74, 6) is -0.300. The first-order chi connectivity index (χ1) is 10.1. The minimum Gasteiger partial charge on any atom is -0.496 e. The molecule has 0 aliphatic carbocycles. The molecule has 114 valence electrons. The summed E-state index contributed by atoms with van der Waals surface area (Å²) >= 11 is 4.36. The van der Waals surface area contributed by atoms with E-state index in [4.69, 9.17) is 9.47 Å². The van der Waals surface area contributed by atoms with Crippen molar-refractivity contribution in [1.82, 2.24) is 10.2 Å². The lowest BCUT2D eigenvalue weighted by Crippen LogP contribution is -2.48. The van der Waals surface area contributed by atoms with Gasteiger partial charge in [-0.25, -0.2) is 4.39 Å². The lowest BCUT2D eigenvalue weighted by molar-refractivity contribution is -0.117. The number of amides is 1. The quantitative estimate of drug-likeness (QED) is 0.809. The molecule has 0 radical (unpaired) electrons. The van der Waals surface area contributed by atoms with Crippen LogP contribution < -0.4 is 10.1 Å². The van der Waals surface area contributed by atoms with E-state index >= 15 is 0 Å². The number of thiol groups is 1. The molecule has 0 aromatic heterocycles. The highest BCUT2D eigenvalue weighted by Crippen LogP contribution is 2.32. The lowest BCUT2D eigenvalue weighted by Gasteiger charge is -2.36. The molecule has 1 aromatic carbocycles. The van der Waals surface area contributed by atoms with Crippen molar-refractivity contribution in [3.63, 3.8) is 0 Å². The molecular weight excluding hydrogens is 295 g/mol. The zero-order valence-corrected chi connectivity index (χ0v) is 12.7. The second kappa shape index (κ2) is 6.82. The second-order valence-electron chi connectivity index (χ2n) is 4.44. The Labute approximate surface area is 128 Å². The summed E-state index contributed by atoms with van der Waals surface area (Å²) in [6.07, 6.45) is 1.44. The third-order valence-electron chi connectivity index (χ3n) is 3.12. The van der Waals surface area contributed by atoms with Gasteiger partial charge in [0.15, 0.2) is 0 Å². The molecule has 1 heterocycles. The maximum Gasteiger partial charge on any atom is 0.248 e. The van der Waals surface area contributed by atoms with Crippen molar-refractivity contribution in [2.24, 2.45) is 0 Å². The Kier molecular flexibility index (Phi) is 5.08. The average Bonchev–Trinajstić information content (AvgIpc) is 2.45. The van der Waals surface area contributed by atoms with Crippen LogP contribution >= 0.6 is 12.6 Å². The van der Waals surface area contributed by atoms with Gasteiger partial charge in [-0.15, -0.1) is 12.6 Å². The van der Waals surface area contributed by atoms with Gasteiger partial charge < -0.3 is 19.7 Å². The zero-order chi connectivity index (χ0) is 15.4. The van der Waals surface area contributed by atoms with Gasteiger partial charge in [0.1, 0.15) is 17.1 Å². The van der Waals surface area contributed by atoms with Crippen LogP contribution in [0.15, 0.2) is 24.3 Å². The molecule has 2 rings (SSSR count). The third-order valence-corrected chi connectivity index (χ3v) is 3.53. The van der Waals surface area contributed by atoms with Crippen LogP contribution in [0.5, 0.6) is 5.75 Å². The van der Waals surface area contributed by atoms with E-state index < -0.39 is 11.3 Å². The number of hydrogen-bond acceptors (Lipinski definition) is 5. The van der Waals surface area contributed by atoms with Gasteiger partial charge in [0, 0.05) is 31.4 Å². The van der Waals surface area contributed by atoms with Crippen LogP contribution in [0.1, 0.15) is 5.56 Å². The number of ether oxygens (including phenoxy) is 2. The number of rotatable bonds is 5. The first-order valence-corrected chi connectivity index (χ1v) is 6.88. The molecule has 1 aromatic rings. The van der Waals surface area contributed by atoms with Crippen LogP contribution in [0.4, 0.5) is 4.39 Å². The number of carbonyl (C=O) groups is 1. The van der Waals surface area contributed by atoms with Crippen molar-refractivity contribution in [2.45, 2.75) is 5.50 Å². The van der Waals surface area contributed by atoms with Crippen molar-refractivity contribution in [3.8, 4) is 5.75 Å². The Morgan fingerprint density at radius 3 is 2.86 bits per heavy atom. The number of nitrogens with zero attached hydrogens (tertiary/aromatic N) is 1. The van der Waals surface area contributed by atoms with Gasteiger partial charge in [-0.05, 0) is 12.1 Å². The Bertz CT molecular complexity index is 565. The van der Waals surface area contributed by atoms with E-state index in [0.29, 0.717) is 30.2 Å². The molecule has 1 unspecified atom stereocenters. The predicted molar refractivity (Wildman–Crippen MR) is 80.4 cm³/mol. The minimum absolute atomic E-state index is 0.259. The standard InChI is InChI=1S/C14H17FN2O3S/c1-19-6-5-17-11(8-13(18)16-14(17)21)10-4-3-9(15)7-12(10)20-2/h3-4,7-8,14,21H,5-6H2,1-2H3,(H,16,18). The zero-order valence-electron chi connectivity index (χ0n) is 11.8. The van der Waals surface area contributed by atoms with Gasteiger partial charge >= 0.3 is 0 Å². The smallest absolute Gasteiger partial charge is 0.248 e. The summed E-state index contributed by atoms with van der Waals surface area (Å²) < 4.78 is 23.6. The number of benzene rings is 1. The molecule has 7 heteroatoms. The van der Waals surface area contributed by atoms with E-state index in [0.717, 1.165) is 0 Å². The molecule has 0 saturated carbocycles. The number of nitrogens with one attached hydrogen (secondary N) is 1. The van der Waals surface area contributed by atoms with Crippen molar-refractivity contribution in [3.05, 3.63) is 35.7 Å². The first kappa shape index (κ1) is 15.7. The van der Waals surface area contributed by atoms with E-state index in [1.165, 1.54) is 25.3 Å². The Hall–Kier alpha value is -1.73. The van der Waals surface area contributed by atoms with Gasteiger partial charge in [0.05, 0.1) is 19.4 Å². The van der Waals surface area contributed by atoms with Crippen LogP contribution in [-0.2, 0) is 9.53 Å². The summed E-state index contributed by atoms with van der Waals surface area (Å²) in [4.78, 5) is 13.6. The summed E-state index contributed by atoms with van der Waals surface area (Å²) in [6, 6.07) is 4.19. The molecule has 21 heavy (non-hydrogen) atoms. The highest BCUT2D eigenvalue weighted by atomic mass is 32.1. The van der Waals surface area contributed by atoms with Crippen molar-refractivity contribution in [1.29, 1.82) is 0 Å². The van der Waals surface area contributed by atoms with Crippen molar-refractivity contribution >= 4 is 24.2 Å². The summed E-state index contributed by atoms with van der Waals surface area (Å²) in [6.45, 7) is 0.991. The Morgan fingerprint density at radius 2 is 2.19 bits per heavy atom. The van der Waals surface area contributed by atoms with Crippen LogP contribution in [0.3, 0.4) is 0 Å². The molecule has 1 aliphatic heterocycles. The molecule has 1 atom stereocenters. The topological polar surface area (TPSA) is 50.8 Å². The minimum atomic E-state index is -0.484. The SMILES string of the molecule is COCCN1C(c2ccc(F)cc2OC)=CC(=O)NC1S. The fraction of sp³-hybridized carbons (Fsp3) is 0.357. The van der Waals surface area contributed by atoms with Gasteiger partial charge in [-0.1, -0.05) is 0 Å².